The molecule has 0 atom stereocenters. The third-order valence-electron chi connectivity index (χ3n) is 3.82. The number of methoxy groups -OCH3 is 1. The van der Waals surface area contributed by atoms with Crippen LogP contribution >= 0.6 is 0 Å². The van der Waals surface area contributed by atoms with E-state index in [9.17, 15) is 9.18 Å². The monoisotopic (exact) mass is 367 g/mol. The zero-order valence-electron chi connectivity index (χ0n) is 14.9. The molecule has 1 N–H and O–H groups in total. The lowest BCUT2D eigenvalue weighted by molar-refractivity contribution is -0.117. The molecule has 0 aliphatic heterocycles. The molecular formula is C20H18FN3O3. The highest BCUT2D eigenvalue weighted by Crippen LogP contribution is 2.22. The third-order valence-corrected chi connectivity index (χ3v) is 3.82. The van der Waals surface area contributed by atoms with Crippen LogP contribution in [0.15, 0.2) is 58.5 Å². The molecule has 0 aliphatic rings. The van der Waals surface area contributed by atoms with Gasteiger partial charge < -0.3 is 14.5 Å². The number of hydrogen-bond donors (Lipinski definition) is 1. The highest BCUT2D eigenvalue weighted by molar-refractivity contribution is 5.97. The molecule has 7 heteroatoms. The second kappa shape index (κ2) is 8.27. The summed E-state index contributed by atoms with van der Waals surface area (Å²) >= 11 is 0. The number of nitrogens with zero attached hydrogens (tertiary/aromatic N) is 2. The zero-order valence-corrected chi connectivity index (χ0v) is 14.9. The summed E-state index contributed by atoms with van der Waals surface area (Å²) in [5.74, 6) is 0.537. The SMILES string of the molecule is COc1cccc(-c2nnc(CNC(=O)/C(C)=C/c3ccccc3F)o2)c1. The molecule has 0 aliphatic carbocycles. The van der Waals surface area contributed by atoms with Crippen LogP contribution in [-0.2, 0) is 11.3 Å². The van der Waals surface area contributed by atoms with Gasteiger partial charge in [-0.3, -0.25) is 4.79 Å². The summed E-state index contributed by atoms with van der Waals surface area (Å²) in [7, 11) is 1.57. The van der Waals surface area contributed by atoms with E-state index in [2.05, 4.69) is 15.5 Å². The van der Waals surface area contributed by atoms with E-state index in [4.69, 9.17) is 9.15 Å². The van der Waals surface area contributed by atoms with Crippen LogP contribution in [0.4, 0.5) is 4.39 Å². The molecule has 6 nitrogen and oxygen atoms in total. The Morgan fingerprint density at radius 3 is 2.81 bits per heavy atom. The van der Waals surface area contributed by atoms with Crippen LogP contribution in [0.25, 0.3) is 17.5 Å². The summed E-state index contributed by atoms with van der Waals surface area (Å²) in [6, 6.07) is 13.5. The number of nitrogens with one attached hydrogen (secondary N) is 1. The number of amides is 1. The van der Waals surface area contributed by atoms with Crippen molar-refractivity contribution in [3.63, 3.8) is 0 Å². The quantitative estimate of drug-likeness (QED) is 0.674. The number of ether oxygens (including phenoxy) is 1. The number of carbonyl (C=O) groups is 1. The van der Waals surface area contributed by atoms with Gasteiger partial charge in [-0.15, -0.1) is 10.2 Å². The van der Waals surface area contributed by atoms with Crippen molar-refractivity contribution in [1.29, 1.82) is 0 Å². The number of halogens is 1. The van der Waals surface area contributed by atoms with Crippen molar-refractivity contribution in [2.45, 2.75) is 13.5 Å². The van der Waals surface area contributed by atoms with Crippen LogP contribution in [0.2, 0.25) is 0 Å². The average Bonchev–Trinajstić information content (AvgIpc) is 3.17. The van der Waals surface area contributed by atoms with Crippen molar-refractivity contribution in [2.24, 2.45) is 0 Å². The summed E-state index contributed by atoms with van der Waals surface area (Å²) in [4.78, 5) is 12.2. The van der Waals surface area contributed by atoms with Gasteiger partial charge in [0.05, 0.1) is 13.7 Å². The summed E-state index contributed by atoms with van der Waals surface area (Å²) in [6.07, 6.45) is 1.49. The van der Waals surface area contributed by atoms with Crippen LogP contribution < -0.4 is 10.1 Å². The molecule has 27 heavy (non-hydrogen) atoms. The standard InChI is InChI=1S/C20H18FN3O3/c1-13(10-14-6-3-4-9-17(14)21)19(25)22-12-18-23-24-20(27-18)15-7-5-8-16(11-15)26-2/h3-11H,12H2,1-2H3,(H,22,25)/b13-10+. The van der Waals surface area contributed by atoms with E-state index in [1.807, 2.05) is 18.2 Å². The van der Waals surface area contributed by atoms with Crippen molar-refractivity contribution < 1.29 is 18.3 Å². The first-order valence-corrected chi connectivity index (χ1v) is 8.24. The van der Waals surface area contributed by atoms with Crippen LogP contribution in [0.5, 0.6) is 5.75 Å². The van der Waals surface area contributed by atoms with E-state index in [-0.39, 0.29) is 24.2 Å². The minimum atomic E-state index is -0.385. The molecule has 138 valence electrons. The van der Waals surface area contributed by atoms with Gasteiger partial charge in [-0.1, -0.05) is 24.3 Å². The van der Waals surface area contributed by atoms with Crippen molar-refractivity contribution in [3.8, 4) is 17.2 Å². The van der Waals surface area contributed by atoms with Gasteiger partial charge in [-0.2, -0.15) is 0 Å². The van der Waals surface area contributed by atoms with E-state index in [0.717, 1.165) is 5.56 Å². The Balaban J connectivity index is 1.64. The van der Waals surface area contributed by atoms with Crippen LogP contribution in [0, 0.1) is 5.82 Å². The van der Waals surface area contributed by atoms with E-state index in [1.165, 1.54) is 12.1 Å². The summed E-state index contributed by atoms with van der Waals surface area (Å²) in [5, 5.41) is 10.6. The lowest BCUT2D eigenvalue weighted by Crippen LogP contribution is -2.23. The van der Waals surface area contributed by atoms with Gasteiger partial charge in [-0.05, 0) is 37.3 Å². The lowest BCUT2D eigenvalue weighted by Gasteiger charge is -2.03. The molecule has 0 unspecified atom stereocenters. The van der Waals surface area contributed by atoms with Crippen molar-refractivity contribution in [3.05, 3.63) is 71.4 Å². The molecule has 1 aromatic heterocycles. The Hall–Kier alpha value is -3.48. The van der Waals surface area contributed by atoms with Gasteiger partial charge in [0.2, 0.25) is 17.7 Å². The molecule has 0 radical (unpaired) electrons. The largest absolute Gasteiger partial charge is 0.497 e. The summed E-state index contributed by atoms with van der Waals surface area (Å²) in [6.45, 7) is 1.68. The lowest BCUT2D eigenvalue weighted by atomic mass is 10.1. The Bertz CT molecular complexity index is 982. The molecule has 3 rings (SSSR count). The molecule has 0 bridgehead atoms. The first-order chi connectivity index (χ1) is 13.1. The van der Waals surface area contributed by atoms with Crippen molar-refractivity contribution in [2.75, 3.05) is 7.11 Å². The van der Waals surface area contributed by atoms with E-state index in [0.29, 0.717) is 22.8 Å². The minimum absolute atomic E-state index is 0.0677. The van der Waals surface area contributed by atoms with Crippen LogP contribution in [0.3, 0.4) is 0 Å². The van der Waals surface area contributed by atoms with Gasteiger partial charge in [-0.25, -0.2) is 4.39 Å². The fourth-order valence-corrected chi connectivity index (χ4v) is 2.38. The fourth-order valence-electron chi connectivity index (χ4n) is 2.38. The summed E-state index contributed by atoms with van der Waals surface area (Å²) in [5.41, 5.74) is 1.44. The number of benzene rings is 2. The number of hydrogen-bond acceptors (Lipinski definition) is 5. The second-order valence-electron chi connectivity index (χ2n) is 5.76. The zero-order chi connectivity index (χ0) is 19.2. The third kappa shape index (κ3) is 4.58. The normalized spacial score (nSPS) is 11.3. The first-order valence-electron chi connectivity index (χ1n) is 8.24. The van der Waals surface area contributed by atoms with Crippen molar-refractivity contribution >= 4 is 12.0 Å². The molecule has 3 aromatic rings. The van der Waals surface area contributed by atoms with Gasteiger partial charge >= 0.3 is 0 Å². The molecule has 0 spiro atoms. The highest BCUT2D eigenvalue weighted by atomic mass is 19.1. The van der Waals surface area contributed by atoms with Crippen molar-refractivity contribution in [1.82, 2.24) is 15.5 Å². The minimum Gasteiger partial charge on any atom is -0.497 e. The molecule has 1 amide bonds. The number of carbonyl (C=O) groups excluding carboxylic acids is 1. The van der Waals surface area contributed by atoms with Gasteiger partial charge in [0, 0.05) is 16.7 Å². The summed E-state index contributed by atoms with van der Waals surface area (Å²) < 4.78 is 24.4. The topological polar surface area (TPSA) is 77.3 Å². The second-order valence-corrected chi connectivity index (χ2v) is 5.76. The van der Waals surface area contributed by atoms with Gasteiger partial charge in [0.1, 0.15) is 11.6 Å². The van der Waals surface area contributed by atoms with E-state index in [1.54, 1.807) is 38.3 Å². The Labute approximate surface area is 155 Å². The van der Waals surface area contributed by atoms with Gasteiger partial charge in [0.15, 0.2) is 0 Å². The predicted molar refractivity (Wildman–Crippen MR) is 98.2 cm³/mol. The molecule has 2 aromatic carbocycles. The Morgan fingerprint density at radius 2 is 2.04 bits per heavy atom. The Kier molecular flexibility index (Phi) is 5.61. The molecule has 0 saturated carbocycles. The predicted octanol–water partition coefficient (Wildman–Crippen LogP) is 3.60. The maximum Gasteiger partial charge on any atom is 0.247 e. The number of rotatable bonds is 6. The van der Waals surface area contributed by atoms with E-state index < -0.39 is 0 Å². The first kappa shape index (κ1) is 18.3. The molecular weight excluding hydrogens is 349 g/mol. The molecule has 0 saturated heterocycles. The average molecular weight is 367 g/mol. The molecule has 0 fully saturated rings. The van der Waals surface area contributed by atoms with Gasteiger partial charge in [0.25, 0.3) is 0 Å². The number of aromatic nitrogens is 2. The van der Waals surface area contributed by atoms with Crippen LogP contribution in [0.1, 0.15) is 18.4 Å². The maximum absolute atomic E-state index is 13.7. The highest BCUT2D eigenvalue weighted by Gasteiger charge is 2.11. The van der Waals surface area contributed by atoms with Crippen LogP contribution in [-0.4, -0.2) is 23.2 Å². The maximum atomic E-state index is 13.7. The fraction of sp³-hybridized carbons (Fsp3) is 0.150. The smallest absolute Gasteiger partial charge is 0.247 e. The molecule has 1 heterocycles. The van der Waals surface area contributed by atoms with E-state index >= 15 is 0 Å². The Morgan fingerprint density at radius 1 is 1.22 bits per heavy atom.